The van der Waals surface area contributed by atoms with E-state index in [0.717, 1.165) is 36.0 Å². The van der Waals surface area contributed by atoms with Gasteiger partial charge >= 0.3 is 0 Å². The number of carbonyl (C=O) groups excluding carboxylic acids is 1. The monoisotopic (exact) mass is 409 g/mol. The zero-order valence-electron chi connectivity index (χ0n) is 16.3. The van der Waals surface area contributed by atoms with Gasteiger partial charge in [-0.1, -0.05) is 17.7 Å². The summed E-state index contributed by atoms with van der Waals surface area (Å²) in [5, 5.41) is 2.78. The van der Waals surface area contributed by atoms with Gasteiger partial charge in [-0.3, -0.25) is 14.8 Å². The van der Waals surface area contributed by atoms with E-state index in [1.807, 2.05) is 13.1 Å². The van der Waals surface area contributed by atoms with Gasteiger partial charge < -0.3 is 5.73 Å². The molecule has 2 N–H and O–H groups in total. The Kier molecular flexibility index (Phi) is 4.84. The molecule has 4 nitrogen and oxygen atoms in total. The van der Waals surface area contributed by atoms with E-state index in [0.29, 0.717) is 5.17 Å². The van der Waals surface area contributed by atoms with Gasteiger partial charge in [0.1, 0.15) is 5.78 Å². The third-order valence-electron chi connectivity index (χ3n) is 5.63. The lowest BCUT2D eigenvalue weighted by Gasteiger charge is -2.51. The van der Waals surface area contributed by atoms with Crippen LogP contribution >= 0.6 is 23.1 Å². The second-order valence-electron chi connectivity index (χ2n) is 7.94. The van der Waals surface area contributed by atoms with Crippen LogP contribution in [0.2, 0.25) is 0 Å². The molecule has 0 aromatic carbocycles. The topological polar surface area (TPSA) is 68.3 Å². The highest BCUT2D eigenvalue weighted by molar-refractivity contribution is 8.15. The van der Waals surface area contributed by atoms with Crippen molar-refractivity contribution in [1.82, 2.24) is 4.98 Å². The molecule has 28 heavy (non-hydrogen) atoms. The number of aromatic nitrogens is 1. The summed E-state index contributed by atoms with van der Waals surface area (Å²) < 4.78 is 0.0409. The zero-order valence-corrected chi connectivity index (χ0v) is 17.9. The maximum absolute atomic E-state index is 11.7. The molecule has 2 aromatic heterocycles. The summed E-state index contributed by atoms with van der Waals surface area (Å²) in [6.45, 7) is 5.68. The first-order valence-corrected chi connectivity index (χ1v) is 11.0. The zero-order chi connectivity index (χ0) is 19.9. The van der Waals surface area contributed by atoms with Crippen LogP contribution in [0.1, 0.15) is 50.5 Å². The van der Waals surface area contributed by atoms with Crippen LogP contribution in [0.25, 0.3) is 11.1 Å². The van der Waals surface area contributed by atoms with Crippen molar-refractivity contribution in [3.8, 4) is 23.0 Å². The van der Waals surface area contributed by atoms with Crippen molar-refractivity contribution in [2.75, 3.05) is 0 Å². The SMILES string of the molecule is CC#Cc1cncc(-c2csc(C3(C)CC4(CC(C(C)=O)C4)SC(N)=N3)c2)c1. The van der Waals surface area contributed by atoms with Crippen molar-refractivity contribution in [3.63, 3.8) is 0 Å². The number of hydrogen-bond donors (Lipinski definition) is 1. The average molecular weight is 410 g/mol. The number of pyridine rings is 1. The molecule has 144 valence electrons. The van der Waals surface area contributed by atoms with Crippen LogP contribution in [0, 0.1) is 17.8 Å². The number of Topliss-reactive ketones (excluding diaryl/α,β-unsaturated/α-hetero) is 1. The molecule has 0 radical (unpaired) electrons. The van der Waals surface area contributed by atoms with Gasteiger partial charge in [-0.25, -0.2) is 0 Å². The van der Waals surface area contributed by atoms with E-state index in [1.54, 1.807) is 36.2 Å². The Hall–Kier alpha value is -2.10. The van der Waals surface area contributed by atoms with E-state index >= 15 is 0 Å². The number of ketones is 1. The molecule has 0 saturated heterocycles. The Morgan fingerprint density at radius 3 is 2.79 bits per heavy atom. The van der Waals surface area contributed by atoms with Crippen LogP contribution in [0.5, 0.6) is 0 Å². The number of thioether (sulfide) groups is 1. The molecule has 2 aromatic rings. The Morgan fingerprint density at radius 1 is 1.29 bits per heavy atom. The Balaban J connectivity index is 1.62. The molecule has 1 unspecified atom stereocenters. The minimum atomic E-state index is -0.353. The summed E-state index contributed by atoms with van der Waals surface area (Å²) in [7, 11) is 0. The molecule has 1 atom stereocenters. The molecule has 3 heterocycles. The fraction of sp³-hybridized carbons (Fsp3) is 0.409. The highest BCUT2D eigenvalue weighted by Gasteiger charge is 2.53. The van der Waals surface area contributed by atoms with Crippen LogP contribution in [-0.4, -0.2) is 20.7 Å². The number of nitrogens with zero attached hydrogens (tertiary/aromatic N) is 2. The smallest absolute Gasteiger partial charge is 0.155 e. The lowest BCUT2D eigenvalue weighted by atomic mass is 9.67. The fourth-order valence-corrected chi connectivity index (χ4v) is 6.90. The number of carbonyl (C=O) groups is 1. The fourth-order valence-electron chi connectivity index (χ4n) is 4.27. The van der Waals surface area contributed by atoms with Crippen molar-refractivity contribution in [2.45, 2.75) is 50.3 Å². The van der Waals surface area contributed by atoms with E-state index in [-0.39, 0.29) is 22.0 Å². The Labute approximate surface area is 174 Å². The first-order valence-electron chi connectivity index (χ1n) is 9.34. The van der Waals surface area contributed by atoms with E-state index in [2.05, 4.69) is 41.3 Å². The van der Waals surface area contributed by atoms with Crippen molar-refractivity contribution in [1.29, 1.82) is 0 Å². The maximum atomic E-state index is 11.7. The lowest BCUT2D eigenvalue weighted by molar-refractivity contribution is -0.124. The first kappa shape index (κ1) is 19.2. The van der Waals surface area contributed by atoms with Crippen LogP contribution in [0.3, 0.4) is 0 Å². The molecule has 6 heteroatoms. The number of thiophene rings is 1. The molecular formula is C22H23N3OS2. The summed E-state index contributed by atoms with van der Waals surface area (Å²) in [6.07, 6.45) is 6.37. The van der Waals surface area contributed by atoms with Gasteiger partial charge in [0.2, 0.25) is 0 Å². The van der Waals surface area contributed by atoms with Gasteiger partial charge in [-0.2, -0.15) is 0 Å². The second-order valence-corrected chi connectivity index (χ2v) is 10.3. The number of rotatable bonds is 3. The third-order valence-corrected chi connectivity index (χ3v) is 8.02. The molecule has 0 amide bonds. The molecule has 1 saturated carbocycles. The largest absolute Gasteiger partial charge is 0.378 e. The Morgan fingerprint density at radius 2 is 2.07 bits per heavy atom. The Bertz CT molecular complexity index is 1020. The molecule has 0 bridgehead atoms. The van der Waals surface area contributed by atoms with Crippen molar-refractivity contribution in [2.24, 2.45) is 16.6 Å². The van der Waals surface area contributed by atoms with Crippen LogP contribution < -0.4 is 5.73 Å². The van der Waals surface area contributed by atoms with Crippen LogP contribution in [0.15, 0.2) is 34.9 Å². The minimum absolute atomic E-state index is 0.0409. The number of hydrogen-bond acceptors (Lipinski definition) is 6. The predicted molar refractivity (Wildman–Crippen MR) is 117 cm³/mol. The molecule has 1 aliphatic heterocycles. The molecule has 4 rings (SSSR count). The van der Waals surface area contributed by atoms with Crippen molar-refractivity contribution in [3.05, 3.63) is 40.3 Å². The second kappa shape index (κ2) is 7.06. The van der Waals surface area contributed by atoms with Crippen LogP contribution in [0.4, 0.5) is 0 Å². The third kappa shape index (κ3) is 3.49. The summed E-state index contributed by atoms with van der Waals surface area (Å²) in [6, 6.07) is 4.27. The van der Waals surface area contributed by atoms with Gasteiger partial charge in [0.25, 0.3) is 0 Å². The lowest BCUT2D eigenvalue weighted by Crippen LogP contribution is -2.51. The van der Waals surface area contributed by atoms with Gasteiger partial charge in [-0.15, -0.1) is 17.3 Å². The average Bonchev–Trinajstić information content (AvgIpc) is 3.10. The van der Waals surface area contributed by atoms with Gasteiger partial charge in [0, 0.05) is 39.1 Å². The number of nitrogens with two attached hydrogens (primary N) is 1. The maximum Gasteiger partial charge on any atom is 0.155 e. The standard InChI is InChI=1S/C22H23N3OS2/c1-4-5-15-6-16(11-24-10-15)17-7-19(27-12-17)21(3)13-22(28-20(23)25-21)8-18(9-22)14(2)26/h6-7,10-12,18H,8-9,13H2,1-3H3,(H2,23,25). The van der Waals surface area contributed by atoms with Gasteiger partial charge in [0.15, 0.2) is 5.17 Å². The quantitative estimate of drug-likeness (QED) is 0.753. The first-order chi connectivity index (χ1) is 13.3. The van der Waals surface area contributed by atoms with E-state index < -0.39 is 0 Å². The van der Waals surface area contributed by atoms with E-state index in [4.69, 9.17) is 10.7 Å². The van der Waals surface area contributed by atoms with E-state index in [9.17, 15) is 4.79 Å². The normalized spacial score (nSPS) is 28.8. The number of aliphatic imine (C=N–C) groups is 1. The highest BCUT2D eigenvalue weighted by atomic mass is 32.2. The van der Waals surface area contributed by atoms with Crippen molar-refractivity contribution < 1.29 is 4.79 Å². The minimum Gasteiger partial charge on any atom is -0.378 e. The van der Waals surface area contributed by atoms with Gasteiger partial charge in [-0.05, 0) is 63.1 Å². The predicted octanol–water partition coefficient (Wildman–Crippen LogP) is 4.59. The van der Waals surface area contributed by atoms with Crippen LogP contribution in [-0.2, 0) is 10.3 Å². The molecule has 1 spiro atoms. The molecule has 2 aliphatic rings. The van der Waals surface area contributed by atoms with Gasteiger partial charge in [0.05, 0.1) is 5.54 Å². The summed E-state index contributed by atoms with van der Waals surface area (Å²) >= 11 is 3.37. The molecule has 1 aliphatic carbocycles. The van der Waals surface area contributed by atoms with E-state index in [1.165, 1.54) is 4.88 Å². The molecular weight excluding hydrogens is 386 g/mol. The highest BCUT2D eigenvalue weighted by Crippen LogP contribution is 2.58. The van der Waals surface area contributed by atoms with Crippen molar-refractivity contribution >= 4 is 34.0 Å². The summed E-state index contributed by atoms with van der Waals surface area (Å²) in [5.41, 5.74) is 8.98. The summed E-state index contributed by atoms with van der Waals surface area (Å²) in [5.74, 6) is 6.44. The molecule has 1 fully saturated rings. The summed E-state index contributed by atoms with van der Waals surface area (Å²) in [4.78, 5) is 22.1. The number of amidine groups is 1.